The van der Waals surface area contributed by atoms with Crippen LogP contribution in [0.1, 0.15) is 31.5 Å². The topological polar surface area (TPSA) is 71.5 Å². The highest BCUT2D eigenvalue weighted by atomic mass is 32.1. The molecule has 2 aliphatic rings. The number of ether oxygens (including phenoxy) is 2. The molecule has 1 aromatic carbocycles. The quantitative estimate of drug-likeness (QED) is 0.629. The van der Waals surface area contributed by atoms with Gasteiger partial charge in [0.15, 0.2) is 22.3 Å². The molecular formula is C22H26F3N5O2S. The van der Waals surface area contributed by atoms with Gasteiger partial charge in [0.05, 0.1) is 0 Å². The van der Waals surface area contributed by atoms with Crippen molar-refractivity contribution in [1.29, 1.82) is 0 Å². The van der Waals surface area contributed by atoms with E-state index in [9.17, 15) is 13.2 Å². The summed E-state index contributed by atoms with van der Waals surface area (Å²) in [5.74, 6) is 2.11. The summed E-state index contributed by atoms with van der Waals surface area (Å²) >= 11 is 5.28. The van der Waals surface area contributed by atoms with Crippen LogP contribution >= 0.6 is 12.2 Å². The summed E-state index contributed by atoms with van der Waals surface area (Å²) in [4.78, 5) is 9.87. The molecule has 4 rings (SSSR count). The fraction of sp³-hybridized carbons (Fsp3) is 0.500. The van der Waals surface area contributed by atoms with Crippen LogP contribution in [-0.2, 0) is 12.7 Å². The molecule has 0 saturated carbocycles. The molecule has 2 atom stereocenters. The third-order valence-electron chi connectivity index (χ3n) is 5.48. The van der Waals surface area contributed by atoms with Gasteiger partial charge in [-0.2, -0.15) is 18.2 Å². The minimum absolute atomic E-state index is 0.121. The smallest absolute Gasteiger partial charge is 0.433 e. The zero-order chi connectivity index (χ0) is 23.6. The van der Waals surface area contributed by atoms with E-state index < -0.39 is 11.9 Å². The Balaban J connectivity index is 1.46. The van der Waals surface area contributed by atoms with Crippen molar-refractivity contribution in [1.82, 2.24) is 15.3 Å². The third-order valence-corrected chi connectivity index (χ3v) is 5.73. The average molecular weight is 482 g/mol. The van der Waals surface area contributed by atoms with Gasteiger partial charge in [0.25, 0.3) is 0 Å². The van der Waals surface area contributed by atoms with Crippen molar-refractivity contribution in [3.8, 4) is 11.5 Å². The van der Waals surface area contributed by atoms with Gasteiger partial charge in [0.1, 0.15) is 19.0 Å². The van der Waals surface area contributed by atoms with Gasteiger partial charge < -0.3 is 25.0 Å². The molecule has 0 bridgehead atoms. The summed E-state index contributed by atoms with van der Waals surface area (Å²) in [6.07, 6.45) is -3.56. The molecule has 3 heterocycles. The van der Waals surface area contributed by atoms with Gasteiger partial charge in [0, 0.05) is 25.7 Å². The van der Waals surface area contributed by atoms with E-state index >= 15 is 0 Å². The molecule has 2 N–H and O–H groups in total. The van der Waals surface area contributed by atoms with E-state index in [0.29, 0.717) is 56.2 Å². The lowest BCUT2D eigenvalue weighted by Gasteiger charge is -2.36. The van der Waals surface area contributed by atoms with Crippen LogP contribution in [0.25, 0.3) is 0 Å². The summed E-state index contributed by atoms with van der Waals surface area (Å²) in [5.41, 5.74) is -0.124. The van der Waals surface area contributed by atoms with Crippen molar-refractivity contribution in [3.05, 3.63) is 35.5 Å². The number of aromatic nitrogens is 2. The van der Waals surface area contributed by atoms with Crippen LogP contribution in [0.5, 0.6) is 11.5 Å². The van der Waals surface area contributed by atoms with E-state index in [1.807, 2.05) is 23.1 Å². The molecule has 2 aromatic rings. The molecule has 0 spiro atoms. The molecule has 0 radical (unpaired) electrons. The minimum atomic E-state index is -4.60. The van der Waals surface area contributed by atoms with Gasteiger partial charge in [-0.15, -0.1) is 0 Å². The van der Waals surface area contributed by atoms with E-state index in [1.54, 1.807) is 0 Å². The van der Waals surface area contributed by atoms with Crippen molar-refractivity contribution >= 4 is 29.1 Å². The van der Waals surface area contributed by atoms with Crippen LogP contribution in [0.15, 0.2) is 24.3 Å². The number of rotatable bonds is 4. The van der Waals surface area contributed by atoms with Crippen LogP contribution in [0, 0.1) is 11.8 Å². The number of thiocarbonyl (C=S) groups is 1. The summed E-state index contributed by atoms with van der Waals surface area (Å²) < 4.78 is 51.6. The van der Waals surface area contributed by atoms with Crippen molar-refractivity contribution in [2.75, 3.05) is 36.5 Å². The second kappa shape index (κ2) is 9.58. The molecule has 1 fully saturated rings. The second-order valence-electron chi connectivity index (χ2n) is 8.57. The van der Waals surface area contributed by atoms with Crippen molar-refractivity contribution in [3.63, 3.8) is 0 Å². The monoisotopic (exact) mass is 481 g/mol. The Kier molecular flexibility index (Phi) is 6.78. The Morgan fingerprint density at radius 3 is 2.48 bits per heavy atom. The Morgan fingerprint density at radius 2 is 1.79 bits per heavy atom. The first kappa shape index (κ1) is 23.3. The lowest BCUT2D eigenvalue weighted by atomic mass is 9.92. The molecule has 33 heavy (non-hydrogen) atoms. The normalized spacial score (nSPS) is 20.3. The number of hydrogen-bond acceptors (Lipinski definition) is 6. The summed E-state index contributed by atoms with van der Waals surface area (Å²) in [5, 5.41) is 5.80. The number of fused-ring (bicyclic) bond motifs is 1. The Hall–Kier alpha value is -2.82. The van der Waals surface area contributed by atoms with Crippen LogP contribution in [0.3, 0.4) is 0 Å². The Bertz CT molecular complexity index is 1010. The van der Waals surface area contributed by atoms with E-state index in [-0.39, 0.29) is 16.9 Å². The Labute approximate surface area is 195 Å². The first-order chi connectivity index (χ1) is 15.7. The molecule has 1 aromatic heterocycles. The first-order valence-electron chi connectivity index (χ1n) is 10.8. The maximum Gasteiger partial charge on any atom is 0.433 e. The zero-order valence-corrected chi connectivity index (χ0v) is 19.2. The predicted octanol–water partition coefficient (Wildman–Crippen LogP) is 4.24. The number of halogens is 3. The summed E-state index contributed by atoms with van der Waals surface area (Å²) in [7, 11) is 0. The molecule has 7 nitrogen and oxygen atoms in total. The van der Waals surface area contributed by atoms with Gasteiger partial charge in [-0.05, 0) is 48.2 Å². The maximum atomic E-state index is 13.5. The zero-order valence-electron chi connectivity index (χ0n) is 18.4. The Morgan fingerprint density at radius 1 is 1.09 bits per heavy atom. The summed E-state index contributed by atoms with van der Waals surface area (Å²) in [6.45, 7) is 6.79. The lowest BCUT2D eigenvalue weighted by Crippen LogP contribution is -2.39. The summed E-state index contributed by atoms with van der Waals surface area (Å²) in [6, 6.07) is 6.51. The molecule has 11 heteroatoms. The van der Waals surface area contributed by atoms with Gasteiger partial charge in [0.2, 0.25) is 5.95 Å². The number of piperidine rings is 1. The van der Waals surface area contributed by atoms with Crippen LogP contribution in [-0.4, -0.2) is 41.4 Å². The molecule has 0 amide bonds. The van der Waals surface area contributed by atoms with Gasteiger partial charge in [-0.1, -0.05) is 19.9 Å². The number of anilines is 2. The average Bonchev–Trinajstić information content (AvgIpc) is 2.76. The predicted molar refractivity (Wildman–Crippen MR) is 123 cm³/mol. The van der Waals surface area contributed by atoms with Gasteiger partial charge >= 0.3 is 6.18 Å². The van der Waals surface area contributed by atoms with E-state index in [2.05, 4.69) is 34.4 Å². The molecule has 0 aliphatic carbocycles. The maximum absolute atomic E-state index is 13.5. The fourth-order valence-corrected chi connectivity index (χ4v) is 4.34. The molecule has 178 valence electrons. The highest BCUT2D eigenvalue weighted by Crippen LogP contribution is 2.33. The van der Waals surface area contributed by atoms with Crippen LogP contribution in [0.2, 0.25) is 0 Å². The molecular weight excluding hydrogens is 455 g/mol. The number of nitrogens with zero attached hydrogens (tertiary/aromatic N) is 3. The number of alkyl halides is 3. The van der Waals surface area contributed by atoms with E-state index in [1.165, 1.54) is 0 Å². The highest BCUT2D eigenvalue weighted by molar-refractivity contribution is 7.80. The van der Waals surface area contributed by atoms with Crippen molar-refractivity contribution < 1.29 is 22.6 Å². The fourth-order valence-electron chi connectivity index (χ4n) is 4.17. The van der Waals surface area contributed by atoms with E-state index in [0.717, 1.165) is 18.1 Å². The standard InChI is InChI=1S/C22H26F3N5O2S/c1-13-7-14(2)12-30(11-13)19-9-18(22(23,24)25)27-20(28-19)29-21(33)26-10-15-3-4-16-17(8-15)32-6-5-31-16/h3-4,8-9,13-14H,5-7,10-12H2,1-2H3,(H2,26,27,28,29,33). The SMILES string of the molecule is CC1CC(C)CN(c2cc(C(F)(F)F)nc(NC(=S)NCc3ccc4c(c3)OCCO4)n2)C1. The van der Waals surface area contributed by atoms with Crippen molar-refractivity contribution in [2.45, 2.75) is 33.0 Å². The molecule has 2 unspecified atom stereocenters. The van der Waals surface area contributed by atoms with E-state index in [4.69, 9.17) is 21.7 Å². The van der Waals surface area contributed by atoms with Gasteiger partial charge in [-0.3, -0.25) is 0 Å². The number of nitrogens with one attached hydrogen (secondary N) is 2. The van der Waals surface area contributed by atoms with Crippen LogP contribution < -0.4 is 25.0 Å². The number of hydrogen-bond donors (Lipinski definition) is 2. The third kappa shape index (κ3) is 5.95. The highest BCUT2D eigenvalue weighted by Gasteiger charge is 2.35. The second-order valence-corrected chi connectivity index (χ2v) is 8.98. The molecule has 2 aliphatic heterocycles. The van der Waals surface area contributed by atoms with Crippen LogP contribution in [0.4, 0.5) is 24.9 Å². The van der Waals surface area contributed by atoms with Crippen molar-refractivity contribution in [2.24, 2.45) is 11.8 Å². The van der Waals surface area contributed by atoms with Gasteiger partial charge in [-0.25, -0.2) is 4.98 Å². The molecule has 1 saturated heterocycles. The minimum Gasteiger partial charge on any atom is -0.486 e. The largest absolute Gasteiger partial charge is 0.486 e. The lowest BCUT2D eigenvalue weighted by molar-refractivity contribution is -0.141. The number of benzene rings is 1. The first-order valence-corrected chi connectivity index (χ1v) is 11.2.